The van der Waals surface area contributed by atoms with E-state index in [2.05, 4.69) is 16.0 Å². The Labute approximate surface area is 157 Å². The Kier molecular flexibility index (Phi) is 5.06. The van der Waals surface area contributed by atoms with E-state index >= 15 is 0 Å². The van der Waals surface area contributed by atoms with Crippen molar-refractivity contribution in [3.8, 4) is 11.9 Å². The number of nitriles is 1. The summed E-state index contributed by atoms with van der Waals surface area (Å²) in [6.45, 7) is 5.73. The first-order chi connectivity index (χ1) is 12.5. The van der Waals surface area contributed by atoms with Gasteiger partial charge < -0.3 is 4.74 Å². The van der Waals surface area contributed by atoms with Crippen LogP contribution in [-0.2, 0) is 4.79 Å². The van der Waals surface area contributed by atoms with Gasteiger partial charge in [-0.3, -0.25) is 9.79 Å². The van der Waals surface area contributed by atoms with Gasteiger partial charge in [0.2, 0.25) is 5.88 Å². The number of fused-ring (bicyclic) bond motifs is 1. The van der Waals surface area contributed by atoms with E-state index in [1.807, 2.05) is 19.9 Å². The Morgan fingerprint density at radius 3 is 2.77 bits per heavy atom. The summed E-state index contributed by atoms with van der Waals surface area (Å²) in [5, 5.41) is 9.54. The molecule has 0 fully saturated rings. The number of nitrogens with zero attached hydrogens (tertiary/aromatic N) is 3. The lowest BCUT2D eigenvalue weighted by Gasteiger charge is -2.32. The first-order valence-electron chi connectivity index (χ1n) is 8.34. The molecule has 2 heterocycles. The van der Waals surface area contributed by atoms with Crippen LogP contribution in [0.15, 0.2) is 35.5 Å². The van der Waals surface area contributed by atoms with Crippen LogP contribution in [-0.4, -0.2) is 23.1 Å². The number of Topliss-reactive ketones (excluding diaryl/α,β-unsaturated/α-hetero) is 1. The number of benzene rings is 1. The Morgan fingerprint density at radius 1 is 1.38 bits per heavy atom. The van der Waals surface area contributed by atoms with E-state index in [0.717, 1.165) is 22.5 Å². The number of pyridine rings is 1. The minimum absolute atomic E-state index is 0.00590. The molecule has 0 aliphatic carbocycles. The molecule has 2 atom stereocenters. The van der Waals surface area contributed by atoms with Gasteiger partial charge in [-0.2, -0.15) is 5.26 Å². The zero-order chi connectivity index (χ0) is 18.8. The second-order valence-corrected chi connectivity index (χ2v) is 6.56. The van der Waals surface area contributed by atoms with Crippen molar-refractivity contribution in [3.05, 3.63) is 52.2 Å². The highest BCUT2D eigenvalue weighted by Gasteiger charge is 2.39. The predicted octanol–water partition coefficient (Wildman–Crippen LogP) is 4.45. The van der Waals surface area contributed by atoms with Crippen molar-refractivity contribution in [3.63, 3.8) is 0 Å². The molecule has 1 aliphatic rings. The van der Waals surface area contributed by atoms with Crippen LogP contribution in [0.3, 0.4) is 0 Å². The number of carbonyl (C=O) groups is 1. The molecule has 0 saturated carbocycles. The van der Waals surface area contributed by atoms with Crippen molar-refractivity contribution >= 4 is 28.8 Å². The van der Waals surface area contributed by atoms with E-state index < -0.39 is 5.92 Å². The summed E-state index contributed by atoms with van der Waals surface area (Å²) in [4.78, 5) is 21.4. The molecule has 5 nitrogen and oxygen atoms in total. The summed E-state index contributed by atoms with van der Waals surface area (Å²) in [5.41, 5.74) is 3.44. The van der Waals surface area contributed by atoms with E-state index in [9.17, 15) is 4.79 Å². The molecular formula is C20H18ClN3O2. The highest BCUT2D eigenvalue weighted by molar-refractivity contribution is 6.31. The number of carbonyl (C=O) groups excluding carboxylic acids is 1. The molecule has 1 aliphatic heterocycles. The van der Waals surface area contributed by atoms with Gasteiger partial charge in [0, 0.05) is 28.4 Å². The number of aliphatic imine (C=N–C) groups is 1. The molecular weight excluding hydrogens is 350 g/mol. The van der Waals surface area contributed by atoms with Crippen molar-refractivity contribution < 1.29 is 9.53 Å². The average Bonchev–Trinajstić information content (AvgIpc) is 2.60. The zero-order valence-electron chi connectivity index (χ0n) is 14.8. The number of halogens is 1. The SMILES string of the molecule is CCOc1nccc2c1C(c1ccc(C#N)cc1Cl)C(C(C)=O)C(C)=N2. The summed E-state index contributed by atoms with van der Waals surface area (Å²) in [7, 11) is 0. The number of ether oxygens (including phenoxy) is 1. The summed E-state index contributed by atoms with van der Waals surface area (Å²) >= 11 is 6.49. The first kappa shape index (κ1) is 18.1. The minimum Gasteiger partial charge on any atom is -0.478 e. The van der Waals surface area contributed by atoms with Crippen molar-refractivity contribution in [1.29, 1.82) is 5.26 Å². The lowest BCUT2D eigenvalue weighted by molar-refractivity contribution is -0.119. The topological polar surface area (TPSA) is 75.3 Å². The Morgan fingerprint density at radius 2 is 2.15 bits per heavy atom. The monoisotopic (exact) mass is 367 g/mol. The van der Waals surface area contributed by atoms with Crippen molar-refractivity contribution in [2.45, 2.75) is 26.7 Å². The number of hydrogen-bond acceptors (Lipinski definition) is 5. The number of aromatic nitrogens is 1. The Bertz CT molecular complexity index is 947. The van der Waals surface area contributed by atoms with Crippen LogP contribution in [0.5, 0.6) is 5.88 Å². The lowest BCUT2D eigenvalue weighted by atomic mass is 9.74. The highest BCUT2D eigenvalue weighted by atomic mass is 35.5. The second kappa shape index (κ2) is 7.27. The summed E-state index contributed by atoms with van der Waals surface area (Å²) in [6.07, 6.45) is 1.64. The number of hydrogen-bond donors (Lipinski definition) is 0. The van der Waals surface area contributed by atoms with Crippen molar-refractivity contribution in [2.24, 2.45) is 10.9 Å². The van der Waals surface area contributed by atoms with Gasteiger partial charge in [-0.15, -0.1) is 0 Å². The molecule has 0 amide bonds. The van der Waals surface area contributed by atoms with Crippen LogP contribution in [0.1, 0.15) is 43.4 Å². The molecule has 26 heavy (non-hydrogen) atoms. The Hall–Kier alpha value is -2.71. The van der Waals surface area contributed by atoms with Crippen LogP contribution < -0.4 is 4.74 Å². The molecule has 0 radical (unpaired) electrons. The van der Waals surface area contributed by atoms with Gasteiger partial charge in [0.25, 0.3) is 0 Å². The normalized spacial score (nSPS) is 18.5. The highest BCUT2D eigenvalue weighted by Crippen LogP contribution is 2.48. The maximum absolute atomic E-state index is 12.5. The van der Waals surface area contributed by atoms with Crippen LogP contribution >= 0.6 is 11.6 Å². The van der Waals surface area contributed by atoms with Gasteiger partial charge in [0.15, 0.2) is 0 Å². The van der Waals surface area contributed by atoms with E-state index in [0.29, 0.717) is 23.1 Å². The smallest absolute Gasteiger partial charge is 0.219 e. The summed E-state index contributed by atoms with van der Waals surface area (Å²) in [5.74, 6) is -0.376. The van der Waals surface area contributed by atoms with Crippen LogP contribution in [0.25, 0.3) is 0 Å². The summed E-state index contributed by atoms with van der Waals surface area (Å²) in [6, 6.07) is 9.01. The van der Waals surface area contributed by atoms with E-state index in [-0.39, 0.29) is 11.7 Å². The van der Waals surface area contributed by atoms with Gasteiger partial charge in [-0.1, -0.05) is 17.7 Å². The van der Waals surface area contributed by atoms with Crippen LogP contribution in [0, 0.1) is 17.2 Å². The quantitative estimate of drug-likeness (QED) is 0.800. The third kappa shape index (κ3) is 3.09. The molecule has 1 aromatic carbocycles. The first-order valence-corrected chi connectivity index (χ1v) is 8.72. The molecule has 2 aromatic rings. The maximum Gasteiger partial charge on any atom is 0.219 e. The molecule has 6 heteroatoms. The van der Waals surface area contributed by atoms with Gasteiger partial charge in [0.05, 0.1) is 29.8 Å². The largest absolute Gasteiger partial charge is 0.478 e. The molecule has 0 spiro atoms. The molecule has 132 valence electrons. The van der Waals surface area contributed by atoms with Gasteiger partial charge in [-0.05, 0) is 44.5 Å². The fourth-order valence-corrected chi connectivity index (χ4v) is 3.76. The summed E-state index contributed by atoms with van der Waals surface area (Å²) < 4.78 is 5.72. The molecule has 3 rings (SSSR count). The van der Waals surface area contributed by atoms with Crippen LogP contribution in [0.2, 0.25) is 5.02 Å². The van der Waals surface area contributed by atoms with Crippen molar-refractivity contribution in [2.75, 3.05) is 6.61 Å². The second-order valence-electron chi connectivity index (χ2n) is 6.15. The zero-order valence-corrected chi connectivity index (χ0v) is 15.5. The molecule has 1 aromatic heterocycles. The number of ketones is 1. The predicted molar refractivity (Wildman–Crippen MR) is 100 cm³/mol. The van der Waals surface area contributed by atoms with Crippen molar-refractivity contribution in [1.82, 2.24) is 4.98 Å². The Balaban J connectivity index is 2.29. The molecule has 2 unspecified atom stereocenters. The fraction of sp³-hybridized carbons (Fsp3) is 0.300. The lowest BCUT2D eigenvalue weighted by Crippen LogP contribution is -2.31. The average molecular weight is 368 g/mol. The third-order valence-electron chi connectivity index (χ3n) is 4.51. The minimum atomic E-state index is -0.462. The maximum atomic E-state index is 12.5. The van der Waals surface area contributed by atoms with Crippen LogP contribution in [0.4, 0.5) is 5.69 Å². The van der Waals surface area contributed by atoms with Gasteiger partial charge >= 0.3 is 0 Å². The standard InChI is InChI=1S/C20H18ClN3O2/c1-4-26-20-19-16(7-8-23-20)24-11(2)17(12(3)25)18(19)14-6-5-13(10-22)9-15(14)21/h5-9,17-18H,4H2,1-3H3. The van der Waals surface area contributed by atoms with E-state index in [4.69, 9.17) is 21.6 Å². The third-order valence-corrected chi connectivity index (χ3v) is 4.83. The van der Waals surface area contributed by atoms with Gasteiger partial charge in [0.1, 0.15) is 5.78 Å². The fourth-order valence-electron chi connectivity index (χ4n) is 3.47. The van der Waals surface area contributed by atoms with E-state index in [1.165, 1.54) is 0 Å². The van der Waals surface area contributed by atoms with E-state index in [1.54, 1.807) is 31.3 Å². The van der Waals surface area contributed by atoms with Gasteiger partial charge in [-0.25, -0.2) is 4.98 Å². The molecule has 0 N–H and O–H groups in total. The molecule has 0 bridgehead atoms. The molecule has 0 saturated heterocycles. The number of rotatable bonds is 4.